The molecule has 0 spiro atoms. The molecule has 0 atom stereocenters. The first-order chi connectivity index (χ1) is 8.27. The summed E-state index contributed by atoms with van der Waals surface area (Å²) in [6.07, 6.45) is 0.993. The molecule has 1 aromatic rings. The van der Waals surface area contributed by atoms with Gasteiger partial charge in [-0.1, -0.05) is 24.3 Å². The fourth-order valence-electron chi connectivity index (χ4n) is 1.69. The Morgan fingerprint density at radius 1 is 1.11 bits per heavy atom. The van der Waals surface area contributed by atoms with E-state index in [1.54, 1.807) is 0 Å². The van der Waals surface area contributed by atoms with E-state index < -0.39 is 0 Å². The van der Waals surface area contributed by atoms with Crippen molar-refractivity contribution in [2.45, 2.75) is 27.2 Å². The van der Waals surface area contributed by atoms with Crippen LogP contribution in [0.15, 0.2) is 29.3 Å². The number of hydrogen-bond acceptors (Lipinski definition) is 1. The molecule has 0 aromatic heterocycles. The Hall–Kier alpha value is -0.780. The zero-order chi connectivity index (χ0) is 12.5. The predicted octanol–water partition coefficient (Wildman–Crippen LogP) is 2.73. The highest BCUT2D eigenvalue weighted by molar-refractivity contribution is 14.0. The maximum Gasteiger partial charge on any atom is 0.191 e. The molecule has 1 rings (SSSR count). The molecule has 0 radical (unpaired) electrons. The van der Waals surface area contributed by atoms with Crippen molar-refractivity contribution in [3.05, 3.63) is 35.4 Å². The maximum absolute atomic E-state index is 4.53. The van der Waals surface area contributed by atoms with Gasteiger partial charge in [0.25, 0.3) is 0 Å². The lowest BCUT2D eigenvalue weighted by Crippen LogP contribution is -2.37. The highest BCUT2D eigenvalue weighted by Crippen LogP contribution is 2.07. The van der Waals surface area contributed by atoms with Gasteiger partial charge in [0.2, 0.25) is 0 Å². The van der Waals surface area contributed by atoms with E-state index in [4.69, 9.17) is 0 Å². The minimum absolute atomic E-state index is 0. The first kappa shape index (κ1) is 17.2. The molecule has 0 aliphatic carbocycles. The first-order valence-electron chi connectivity index (χ1n) is 6.34. The summed E-state index contributed by atoms with van der Waals surface area (Å²) >= 11 is 0. The van der Waals surface area contributed by atoms with Gasteiger partial charge in [-0.05, 0) is 38.3 Å². The Labute approximate surface area is 127 Å². The maximum atomic E-state index is 4.53. The summed E-state index contributed by atoms with van der Waals surface area (Å²) in [5, 5.41) is 6.45. The molecule has 18 heavy (non-hydrogen) atoms. The molecule has 0 aliphatic heterocycles. The first-order valence-corrected chi connectivity index (χ1v) is 6.34. The van der Waals surface area contributed by atoms with Gasteiger partial charge < -0.3 is 10.6 Å². The van der Waals surface area contributed by atoms with Crippen molar-refractivity contribution < 1.29 is 0 Å². The normalized spacial score (nSPS) is 9.28. The summed E-state index contributed by atoms with van der Waals surface area (Å²) in [4.78, 5) is 4.53. The van der Waals surface area contributed by atoms with Gasteiger partial charge >= 0.3 is 0 Å². The quantitative estimate of drug-likeness (QED) is 0.481. The topological polar surface area (TPSA) is 36.4 Å². The van der Waals surface area contributed by atoms with Gasteiger partial charge in [-0.25, -0.2) is 0 Å². The Morgan fingerprint density at radius 3 is 2.28 bits per heavy atom. The van der Waals surface area contributed by atoms with Gasteiger partial charge in [0.05, 0.1) is 0 Å². The molecule has 2 N–H and O–H groups in total. The zero-order valence-corrected chi connectivity index (χ0v) is 13.8. The Bertz CT molecular complexity index is 356. The average Bonchev–Trinajstić information content (AvgIpc) is 2.32. The van der Waals surface area contributed by atoms with E-state index >= 15 is 0 Å². The summed E-state index contributed by atoms with van der Waals surface area (Å²) in [6, 6.07) is 8.48. The number of rotatable bonds is 5. The molecular weight excluding hydrogens is 337 g/mol. The van der Waals surface area contributed by atoms with Crippen molar-refractivity contribution in [3.63, 3.8) is 0 Å². The molecule has 0 aliphatic rings. The van der Waals surface area contributed by atoms with Crippen LogP contribution in [-0.2, 0) is 6.42 Å². The van der Waals surface area contributed by atoms with Crippen molar-refractivity contribution in [2.75, 3.05) is 19.6 Å². The molecule has 0 amide bonds. The summed E-state index contributed by atoms with van der Waals surface area (Å²) < 4.78 is 0. The van der Waals surface area contributed by atoms with Crippen molar-refractivity contribution in [2.24, 2.45) is 4.99 Å². The van der Waals surface area contributed by atoms with Crippen LogP contribution in [0.3, 0.4) is 0 Å². The second-order valence-electron chi connectivity index (χ2n) is 3.97. The lowest BCUT2D eigenvalue weighted by Gasteiger charge is -2.09. The van der Waals surface area contributed by atoms with Gasteiger partial charge in [-0.3, -0.25) is 4.99 Å². The van der Waals surface area contributed by atoms with E-state index in [0.717, 1.165) is 32.0 Å². The summed E-state index contributed by atoms with van der Waals surface area (Å²) in [6.45, 7) is 8.92. The molecule has 0 fully saturated rings. The Morgan fingerprint density at radius 2 is 1.72 bits per heavy atom. The number of nitrogens with zero attached hydrogens (tertiary/aromatic N) is 1. The van der Waals surface area contributed by atoms with Crippen LogP contribution in [0.5, 0.6) is 0 Å². The lowest BCUT2D eigenvalue weighted by molar-refractivity contribution is 0.832. The Balaban J connectivity index is 0.00000289. The second-order valence-corrected chi connectivity index (χ2v) is 3.97. The molecule has 0 bridgehead atoms. The van der Waals surface area contributed by atoms with Crippen molar-refractivity contribution in [1.29, 1.82) is 0 Å². The number of aryl methyl sites for hydroxylation is 1. The number of benzene rings is 1. The molecular formula is C14H24IN3. The standard InChI is InChI=1S/C14H23N3.HI/c1-4-15-14(16-5-2)17-11-10-13-9-7-6-8-12(13)3;/h6-9H,4-5,10-11H2,1-3H3,(H2,15,16,17);1H. The minimum Gasteiger partial charge on any atom is -0.357 e. The third-order valence-corrected chi connectivity index (χ3v) is 2.60. The van der Waals surface area contributed by atoms with Crippen molar-refractivity contribution in [1.82, 2.24) is 10.6 Å². The fraction of sp³-hybridized carbons (Fsp3) is 0.500. The van der Waals surface area contributed by atoms with E-state index in [1.807, 2.05) is 0 Å². The second kappa shape index (κ2) is 10.2. The van der Waals surface area contributed by atoms with Gasteiger partial charge in [-0.2, -0.15) is 0 Å². The van der Waals surface area contributed by atoms with E-state index in [1.165, 1.54) is 11.1 Å². The molecule has 0 saturated carbocycles. The van der Waals surface area contributed by atoms with Crippen LogP contribution in [0.4, 0.5) is 0 Å². The predicted molar refractivity (Wildman–Crippen MR) is 90.0 cm³/mol. The molecule has 0 heterocycles. The third-order valence-electron chi connectivity index (χ3n) is 2.60. The molecule has 3 nitrogen and oxygen atoms in total. The molecule has 4 heteroatoms. The lowest BCUT2D eigenvalue weighted by atomic mass is 10.1. The van der Waals surface area contributed by atoms with Gasteiger partial charge in [0.15, 0.2) is 5.96 Å². The van der Waals surface area contributed by atoms with Crippen LogP contribution in [0.25, 0.3) is 0 Å². The van der Waals surface area contributed by atoms with E-state index in [-0.39, 0.29) is 24.0 Å². The number of hydrogen-bond donors (Lipinski definition) is 2. The summed E-state index contributed by atoms with van der Waals surface area (Å²) in [7, 11) is 0. The van der Waals surface area contributed by atoms with Crippen LogP contribution >= 0.6 is 24.0 Å². The zero-order valence-electron chi connectivity index (χ0n) is 11.5. The number of guanidine groups is 1. The van der Waals surface area contributed by atoms with Crippen molar-refractivity contribution >= 4 is 29.9 Å². The van der Waals surface area contributed by atoms with Crippen LogP contribution in [0.1, 0.15) is 25.0 Å². The SMILES string of the molecule is CCNC(=NCCc1ccccc1C)NCC.I. The fourth-order valence-corrected chi connectivity index (χ4v) is 1.69. The van der Waals surface area contributed by atoms with E-state index in [9.17, 15) is 0 Å². The third kappa shape index (κ3) is 6.23. The van der Waals surface area contributed by atoms with Crippen LogP contribution < -0.4 is 10.6 Å². The monoisotopic (exact) mass is 361 g/mol. The molecule has 0 unspecified atom stereocenters. The van der Waals surface area contributed by atoms with E-state index in [0.29, 0.717) is 0 Å². The highest BCUT2D eigenvalue weighted by Gasteiger charge is 1.97. The van der Waals surface area contributed by atoms with E-state index in [2.05, 4.69) is 60.7 Å². The number of aliphatic imine (C=N–C) groups is 1. The van der Waals surface area contributed by atoms with Crippen LogP contribution in [0, 0.1) is 6.92 Å². The van der Waals surface area contributed by atoms with Crippen LogP contribution in [0.2, 0.25) is 0 Å². The molecule has 1 aromatic carbocycles. The average molecular weight is 361 g/mol. The summed E-state index contributed by atoms with van der Waals surface area (Å²) in [5.41, 5.74) is 2.72. The summed E-state index contributed by atoms with van der Waals surface area (Å²) in [5.74, 6) is 0.906. The highest BCUT2D eigenvalue weighted by atomic mass is 127. The van der Waals surface area contributed by atoms with Gasteiger partial charge in [0.1, 0.15) is 0 Å². The van der Waals surface area contributed by atoms with Gasteiger partial charge in [-0.15, -0.1) is 24.0 Å². The molecule has 102 valence electrons. The largest absolute Gasteiger partial charge is 0.357 e. The Kier molecular flexibility index (Phi) is 9.73. The van der Waals surface area contributed by atoms with Crippen LogP contribution in [-0.4, -0.2) is 25.6 Å². The van der Waals surface area contributed by atoms with Gasteiger partial charge in [0, 0.05) is 19.6 Å². The molecule has 0 saturated heterocycles. The number of nitrogens with one attached hydrogen (secondary N) is 2. The number of halogens is 1. The smallest absolute Gasteiger partial charge is 0.191 e. The van der Waals surface area contributed by atoms with Crippen molar-refractivity contribution in [3.8, 4) is 0 Å². The minimum atomic E-state index is 0.